The lowest BCUT2D eigenvalue weighted by atomic mass is 9.87. The van der Waals surface area contributed by atoms with Crippen molar-refractivity contribution in [3.05, 3.63) is 89.5 Å². The molecular weight excluding hydrogens is 464 g/mol. The van der Waals surface area contributed by atoms with Crippen LogP contribution >= 0.6 is 11.8 Å². The van der Waals surface area contributed by atoms with Crippen LogP contribution in [0.15, 0.2) is 77.7 Å². The van der Waals surface area contributed by atoms with Gasteiger partial charge in [-0.05, 0) is 64.9 Å². The average Bonchev–Trinajstić information content (AvgIpc) is 3.20. The van der Waals surface area contributed by atoms with Gasteiger partial charge in [0.05, 0.1) is 10.6 Å². The van der Waals surface area contributed by atoms with Gasteiger partial charge in [0.2, 0.25) is 5.91 Å². The highest BCUT2D eigenvalue weighted by Gasteiger charge is 2.34. The minimum atomic E-state index is -3.70. The van der Waals surface area contributed by atoms with E-state index in [1.165, 1.54) is 5.56 Å². The van der Waals surface area contributed by atoms with Gasteiger partial charge in [-0.1, -0.05) is 64.1 Å². The Morgan fingerprint density at radius 2 is 1.56 bits per heavy atom. The number of nitrogens with zero attached hydrogens (tertiary/aromatic N) is 1. The van der Waals surface area contributed by atoms with Gasteiger partial charge in [0.1, 0.15) is 5.37 Å². The van der Waals surface area contributed by atoms with E-state index in [1.807, 2.05) is 41.3 Å². The maximum absolute atomic E-state index is 12.9. The summed E-state index contributed by atoms with van der Waals surface area (Å²) < 4.78 is 28.4. The lowest BCUT2D eigenvalue weighted by Gasteiger charge is -2.24. The largest absolute Gasteiger partial charge is 0.295 e. The van der Waals surface area contributed by atoms with Gasteiger partial charge < -0.3 is 0 Å². The average molecular weight is 495 g/mol. The first-order valence-electron chi connectivity index (χ1n) is 11.3. The van der Waals surface area contributed by atoms with Crippen LogP contribution in [0.3, 0.4) is 0 Å². The van der Waals surface area contributed by atoms with Gasteiger partial charge in [0, 0.05) is 11.4 Å². The fourth-order valence-corrected chi connectivity index (χ4v) is 6.14. The molecule has 7 heteroatoms. The van der Waals surface area contributed by atoms with E-state index >= 15 is 0 Å². The van der Waals surface area contributed by atoms with Crippen LogP contribution < -0.4 is 9.62 Å². The minimum Gasteiger partial charge on any atom is -0.295 e. The molecule has 5 nitrogen and oxygen atoms in total. The van der Waals surface area contributed by atoms with E-state index in [-0.39, 0.29) is 21.6 Å². The van der Waals surface area contributed by atoms with Gasteiger partial charge in [-0.15, -0.1) is 11.8 Å². The van der Waals surface area contributed by atoms with Crippen molar-refractivity contribution in [2.75, 3.05) is 15.4 Å². The molecule has 1 heterocycles. The Labute approximate surface area is 206 Å². The van der Waals surface area contributed by atoms with Crippen LogP contribution in [-0.2, 0) is 26.7 Å². The lowest BCUT2D eigenvalue weighted by Crippen LogP contribution is -2.27. The van der Waals surface area contributed by atoms with Crippen molar-refractivity contribution in [1.82, 2.24) is 0 Å². The standard InChI is InChI=1S/C27H30N2O3S2/c1-5-19-6-14-23(15-7-19)29-25(30)18-33-26(29)20-8-12-22(13-9-20)28-34(31,32)24-16-10-21(11-17-24)27(2,3)4/h6-17,26,28H,5,18H2,1-4H3/t26-/m0/s1. The lowest BCUT2D eigenvalue weighted by molar-refractivity contribution is -0.115. The summed E-state index contributed by atoms with van der Waals surface area (Å²) in [7, 11) is -3.70. The Morgan fingerprint density at radius 3 is 2.12 bits per heavy atom. The molecule has 0 radical (unpaired) electrons. The molecule has 1 fully saturated rings. The Kier molecular flexibility index (Phi) is 6.78. The molecular formula is C27H30N2O3S2. The SMILES string of the molecule is CCc1ccc(N2C(=O)CS[C@H]2c2ccc(NS(=O)(=O)c3ccc(C(C)(C)C)cc3)cc2)cc1. The molecule has 178 valence electrons. The van der Waals surface area contributed by atoms with Crippen LogP contribution in [0.4, 0.5) is 11.4 Å². The van der Waals surface area contributed by atoms with Gasteiger partial charge >= 0.3 is 0 Å². The fraction of sp³-hybridized carbons (Fsp3) is 0.296. The first-order chi connectivity index (χ1) is 16.1. The Balaban J connectivity index is 1.51. The second kappa shape index (κ2) is 9.47. The molecule has 1 amide bonds. The predicted octanol–water partition coefficient (Wildman–Crippen LogP) is 6.13. The zero-order chi connectivity index (χ0) is 24.5. The van der Waals surface area contributed by atoms with Crippen LogP contribution in [0.2, 0.25) is 0 Å². The third-order valence-corrected chi connectivity index (χ3v) is 8.58. The monoisotopic (exact) mass is 494 g/mol. The van der Waals surface area contributed by atoms with E-state index in [0.29, 0.717) is 11.4 Å². The molecule has 1 saturated heterocycles. The number of carbonyl (C=O) groups excluding carboxylic acids is 1. The fourth-order valence-electron chi connectivity index (χ4n) is 3.91. The van der Waals surface area contributed by atoms with Gasteiger partial charge in [-0.25, -0.2) is 8.42 Å². The Bertz CT molecular complexity index is 1260. The molecule has 4 rings (SSSR count). The molecule has 1 atom stereocenters. The van der Waals surface area contributed by atoms with E-state index in [4.69, 9.17) is 0 Å². The predicted molar refractivity (Wildman–Crippen MR) is 141 cm³/mol. The third-order valence-electron chi connectivity index (χ3n) is 5.97. The highest BCUT2D eigenvalue weighted by molar-refractivity contribution is 8.00. The van der Waals surface area contributed by atoms with Crippen molar-refractivity contribution >= 4 is 39.1 Å². The van der Waals surface area contributed by atoms with Crippen LogP contribution in [0.5, 0.6) is 0 Å². The number of benzene rings is 3. The van der Waals surface area contributed by atoms with Gasteiger partial charge in [-0.3, -0.25) is 14.4 Å². The van der Waals surface area contributed by atoms with Crippen molar-refractivity contribution in [2.45, 2.75) is 49.8 Å². The van der Waals surface area contributed by atoms with Crippen LogP contribution in [-0.4, -0.2) is 20.1 Å². The first-order valence-corrected chi connectivity index (χ1v) is 13.9. The molecule has 0 saturated carbocycles. The van der Waals surface area contributed by atoms with E-state index in [2.05, 4.69) is 44.5 Å². The molecule has 3 aromatic rings. The summed E-state index contributed by atoms with van der Waals surface area (Å²) in [5, 5.41) is -0.143. The molecule has 1 aliphatic heterocycles. The second-order valence-corrected chi connectivity index (χ2v) is 12.2. The second-order valence-electron chi connectivity index (χ2n) is 9.45. The van der Waals surface area contributed by atoms with Crippen molar-refractivity contribution in [1.29, 1.82) is 0 Å². The number of rotatable bonds is 6. The van der Waals surface area contributed by atoms with E-state index in [9.17, 15) is 13.2 Å². The molecule has 0 spiro atoms. The summed E-state index contributed by atoms with van der Waals surface area (Å²) in [5.41, 5.74) is 4.57. The number of amides is 1. The summed E-state index contributed by atoms with van der Waals surface area (Å²) in [6.07, 6.45) is 0.949. The summed E-state index contributed by atoms with van der Waals surface area (Å²) in [4.78, 5) is 14.7. The summed E-state index contributed by atoms with van der Waals surface area (Å²) in [5.74, 6) is 0.488. The third kappa shape index (κ3) is 5.15. The van der Waals surface area contributed by atoms with Crippen molar-refractivity contribution in [3.8, 4) is 0 Å². The number of nitrogens with one attached hydrogen (secondary N) is 1. The number of anilines is 2. The van der Waals surface area contributed by atoms with Crippen molar-refractivity contribution in [2.24, 2.45) is 0 Å². The minimum absolute atomic E-state index is 0.0445. The number of hydrogen-bond acceptors (Lipinski definition) is 4. The summed E-state index contributed by atoms with van der Waals surface area (Å²) in [6, 6.07) is 22.3. The highest BCUT2D eigenvalue weighted by Crippen LogP contribution is 2.42. The molecule has 0 aliphatic carbocycles. The van der Waals surface area contributed by atoms with Crippen LogP contribution in [0, 0.1) is 0 Å². The molecule has 3 aromatic carbocycles. The molecule has 0 aromatic heterocycles. The first kappa shape index (κ1) is 24.4. The highest BCUT2D eigenvalue weighted by atomic mass is 32.2. The number of sulfonamides is 1. The summed E-state index contributed by atoms with van der Waals surface area (Å²) >= 11 is 1.57. The number of hydrogen-bond donors (Lipinski definition) is 1. The topological polar surface area (TPSA) is 66.5 Å². The zero-order valence-corrected chi connectivity index (χ0v) is 21.5. The smallest absolute Gasteiger partial charge is 0.261 e. The normalized spacial score (nSPS) is 16.6. The van der Waals surface area contributed by atoms with Gasteiger partial charge in [0.15, 0.2) is 0 Å². The van der Waals surface area contributed by atoms with Gasteiger partial charge in [0.25, 0.3) is 10.0 Å². The van der Waals surface area contributed by atoms with Gasteiger partial charge in [-0.2, -0.15) is 0 Å². The maximum atomic E-state index is 12.9. The van der Waals surface area contributed by atoms with E-state index in [0.717, 1.165) is 23.2 Å². The van der Waals surface area contributed by atoms with E-state index in [1.54, 1.807) is 36.0 Å². The number of aryl methyl sites for hydroxylation is 1. The molecule has 34 heavy (non-hydrogen) atoms. The Morgan fingerprint density at radius 1 is 0.941 bits per heavy atom. The quantitative estimate of drug-likeness (QED) is 0.448. The van der Waals surface area contributed by atoms with Crippen LogP contribution in [0.1, 0.15) is 49.8 Å². The number of carbonyl (C=O) groups is 1. The zero-order valence-electron chi connectivity index (χ0n) is 19.9. The molecule has 1 aliphatic rings. The van der Waals surface area contributed by atoms with Crippen molar-refractivity contribution in [3.63, 3.8) is 0 Å². The molecule has 0 bridgehead atoms. The molecule has 0 unspecified atom stereocenters. The van der Waals surface area contributed by atoms with Crippen LogP contribution in [0.25, 0.3) is 0 Å². The molecule has 1 N–H and O–H groups in total. The van der Waals surface area contributed by atoms with E-state index < -0.39 is 10.0 Å². The Hall–Kier alpha value is -2.77. The summed E-state index contributed by atoms with van der Waals surface area (Å²) in [6.45, 7) is 8.38. The number of thioether (sulfide) groups is 1. The van der Waals surface area contributed by atoms with Crippen molar-refractivity contribution < 1.29 is 13.2 Å². The maximum Gasteiger partial charge on any atom is 0.261 e.